The van der Waals surface area contributed by atoms with Gasteiger partial charge in [-0.2, -0.15) is 5.26 Å². The van der Waals surface area contributed by atoms with Crippen molar-refractivity contribution in [2.24, 2.45) is 0 Å². The van der Waals surface area contributed by atoms with E-state index in [9.17, 15) is 5.26 Å². The van der Waals surface area contributed by atoms with E-state index in [1.807, 2.05) is 66.7 Å². The lowest BCUT2D eigenvalue weighted by Gasteiger charge is -2.36. The molecule has 56 heavy (non-hydrogen) atoms. The first-order chi connectivity index (χ1) is 27.7. The Morgan fingerprint density at radius 3 is 1.54 bits per heavy atom. The normalized spacial score (nSPS) is 13.8. The standard InChI is InChI=1S/C52H38N4/c53-34-35-23-28-46-45(31-35)48-44(21-12-22-47(48)52(46)29-8-3-9-30-52)37-26-24-36(25-27-37)40-17-10-18-41(32-40)42-19-11-20-43(33-42)51-55-49(38-13-4-1-5-14-38)54-50(56-51)39-15-6-2-7-16-39/h1-2,4-7,10-28,31-33H,3,8-9,29-30H2. The number of aromatic nitrogens is 3. The number of nitriles is 1. The van der Waals surface area contributed by atoms with Gasteiger partial charge in [0.15, 0.2) is 17.5 Å². The van der Waals surface area contributed by atoms with Crippen LogP contribution in [0.2, 0.25) is 0 Å². The van der Waals surface area contributed by atoms with Crippen molar-refractivity contribution in [1.82, 2.24) is 15.0 Å². The van der Waals surface area contributed by atoms with Gasteiger partial charge in [-0.15, -0.1) is 0 Å². The van der Waals surface area contributed by atoms with Crippen LogP contribution in [-0.2, 0) is 5.41 Å². The Labute approximate surface area is 327 Å². The molecule has 8 aromatic rings. The SMILES string of the molecule is N#Cc1ccc2c(c1)-c1c(-c3ccc(-c4cccc(-c5cccc(-c6nc(-c7ccccc7)nc(-c7ccccc7)n6)c5)c4)cc3)cccc1C21CCCCC1. The highest BCUT2D eigenvalue weighted by molar-refractivity contribution is 5.93. The molecule has 10 rings (SSSR count). The van der Waals surface area contributed by atoms with Crippen LogP contribution in [0.15, 0.2) is 170 Å². The van der Waals surface area contributed by atoms with Crippen LogP contribution in [0.5, 0.6) is 0 Å². The topological polar surface area (TPSA) is 62.5 Å². The minimum absolute atomic E-state index is 0.0441. The average Bonchev–Trinajstić information content (AvgIpc) is 3.55. The lowest BCUT2D eigenvalue weighted by atomic mass is 9.67. The average molecular weight is 719 g/mol. The van der Waals surface area contributed by atoms with Crippen LogP contribution in [0.1, 0.15) is 48.8 Å². The summed E-state index contributed by atoms with van der Waals surface area (Å²) >= 11 is 0. The molecule has 266 valence electrons. The molecule has 1 heterocycles. The molecule has 1 fully saturated rings. The Kier molecular flexibility index (Phi) is 8.42. The molecule has 4 heteroatoms. The quantitative estimate of drug-likeness (QED) is 0.172. The van der Waals surface area contributed by atoms with E-state index < -0.39 is 0 Å². The largest absolute Gasteiger partial charge is 0.208 e. The van der Waals surface area contributed by atoms with Crippen molar-refractivity contribution in [3.05, 3.63) is 187 Å². The maximum Gasteiger partial charge on any atom is 0.164 e. The van der Waals surface area contributed by atoms with Gasteiger partial charge in [-0.3, -0.25) is 0 Å². The predicted octanol–water partition coefficient (Wildman–Crippen LogP) is 13.0. The van der Waals surface area contributed by atoms with Gasteiger partial charge in [0.2, 0.25) is 0 Å². The summed E-state index contributed by atoms with van der Waals surface area (Å²) in [5, 5.41) is 9.84. The Hall–Kier alpha value is -6.96. The number of hydrogen-bond donors (Lipinski definition) is 0. The van der Waals surface area contributed by atoms with Gasteiger partial charge in [0.25, 0.3) is 0 Å². The van der Waals surface area contributed by atoms with Gasteiger partial charge in [-0.1, -0.05) is 165 Å². The second-order valence-corrected chi connectivity index (χ2v) is 15.0. The number of nitrogens with zero attached hydrogens (tertiary/aromatic N) is 4. The third kappa shape index (κ3) is 5.90. The van der Waals surface area contributed by atoms with Crippen LogP contribution >= 0.6 is 0 Å². The molecule has 0 bridgehead atoms. The van der Waals surface area contributed by atoms with E-state index in [0.29, 0.717) is 17.5 Å². The van der Waals surface area contributed by atoms with Crippen LogP contribution in [0, 0.1) is 11.3 Å². The van der Waals surface area contributed by atoms with E-state index in [1.54, 1.807) is 0 Å². The van der Waals surface area contributed by atoms with Crippen molar-refractivity contribution in [3.8, 4) is 84.7 Å². The number of benzene rings is 7. The van der Waals surface area contributed by atoms with Crippen LogP contribution < -0.4 is 0 Å². The summed E-state index contributed by atoms with van der Waals surface area (Å²) in [4.78, 5) is 14.8. The van der Waals surface area contributed by atoms with Crippen LogP contribution in [0.25, 0.3) is 78.7 Å². The molecule has 0 unspecified atom stereocenters. The van der Waals surface area contributed by atoms with Crippen LogP contribution in [0.4, 0.5) is 0 Å². The molecule has 2 aliphatic rings. The summed E-state index contributed by atoms with van der Waals surface area (Å²) in [5.41, 5.74) is 15.9. The Balaban J connectivity index is 0.988. The van der Waals surface area contributed by atoms with Gasteiger partial charge >= 0.3 is 0 Å². The van der Waals surface area contributed by atoms with Crippen molar-refractivity contribution in [2.45, 2.75) is 37.5 Å². The fourth-order valence-electron chi connectivity index (χ4n) is 9.05. The second-order valence-electron chi connectivity index (χ2n) is 15.0. The zero-order chi connectivity index (χ0) is 37.5. The predicted molar refractivity (Wildman–Crippen MR) is 226 cm³/mol. The highest BCUT2D eigenvalue weighted by Crippen LogP contribution is 2.58. The first kappa shape index (κ1) is 33.6. The molecular weight excluding hydrogens is 681 g/mol. The molecule has 1 aromatic heterocycles. The van der Waals surface area contributed by atoms with E-state index in [-0.39, 0.29) is 5.41 Å². The van der Waals surface area contributed by atoms with Crippen molar-refractivity contribution < 1.29 is 0 Å². The highest BCUT2D eigenvalue weighted by atomic mass is 15.0. The molecule has 0 radical (unpaired) electrons. The van der Waals surface area contributed by atoms with Gasteiger partial charge < -0.3 is 0 Å². The van der Waals surface area contributed by atoms with E-state index in [4.69, 9.17) is 15.0 Å². The fraction of sp³-hybridized carbons (Fsp3) is 0.115. The summed E-state index contributed by atoms with van der Waals surface area (Å²) < 4.78 is 0. The van der Waals surface area contributed by atoms with E-state index >= 15 is 0 Å². The van der Waals surface area contributed by atoms with Crippen LogP contribution in [0.3, 0.4) is 0 Å². The zero-order valence-electron chi connectivity index (χ0n) is 31.0. The Morgan fingerprint density at radius 2 is 0.911 bits per heavy atom. The summed E-state index contributed by atoms with van der Waals surface area (Å²) in [6.07, 6.45) is 6.10. The minimum atomic E-state index is 0.0441. The van der Waals surface area contributed by atoms with E-state index in [0.717, 1.165) is 44.5 Å². The maximum atomic E-state index is 9.84. The lowest BCUT2D eigenvalue weighted by molar-refractivity contribution is 0.353. The van der Waals surface area contributed by atoms with Gasteiger partial charge in [-0.05, 0) is 92.7 Å². The first-order valence-electron chi connectivity index (χ1n) is 19.5. The molecule has 1 saturated carbocycles. The third-order valence-electron chi connectivity index (χ3n) is 11.8. The molecule has 0 atom stereocenters. The fourth-order valence-corrected chi connectivity index (χ4v) is 9.05. The molecule has 0 aliphatic heterocycles. The van der Waals surface area contributed by atoms with Gasteiger partial charge in [0.05, 0.1) is 11.6 Å². The molecule has 0 saturated heterocycles. The summed E-state index contributed by atoms with van der Waals surface area (Å²) in [6, 6.07) is 62.0. The van der Waals surface area contributed by atoms with Crippen LogP contribution in [-0.4, -0.2) is 15.0 Å². The maximum absolute atomic E-state index is 9.84. The summed E-state index contributed by atoms with van der Waals surface area (Å²) in [5.74, 6) is 1.94. The van der Waals surface area contributed by atoms with Crippen molar-refractivity contribution in [1.29, 1.82) is 5.26 Å². The number of hydrogen-bond acceptors (Lipinski definition) is 4. The van der Waals surface area contributed by atoms with Crippen molar-refractivity contribution in [2.75, 3.05) is 0 Å². The van der Waals surface area contributed by atoms with E-state index in [2.05, 4.69) is 109 Å². The monoisotopic (exact) mass is 718 g/mol. The van der Waals surface area contributed by atoms with Crippen molar-refractivity contribution in [3.63, 3.8) is 0 Å². The van der Waals surface area contributed by atoms with Gasteiger partial charge in [0, 0.05) is 22.1 Å². The van der Waals surface area contributed by atoms with E-state index in [1.165, 1.54) is 65.5 Å². The zero-order valence-corrected chi connectivity index (χ0v) is 31.0. The molecule has 2 aliphatic carbocycles. The number of fused-ring (bicyclic) bond motifs is 5. The summed E-state index contributed by atoms with van der Waals surface area (Å²) in [7, 11) is 0. The first-order valence-corrected chi connectivity index (χ1v) is 19.5. The third-order valence-corrected chi connectivity index (χ3v) is 11.8. The molecule has 0 amide bonds. The van der Waals surface area contributed by atoms with Crippen molar-refractivity contribution >= 4 is 0 Å². The molecule has 4 nitrogen and oxygen atoms in total. The molecule has 0 N–H and O–H groups in total. The second kappa shape index (κ2) is 14.0. The minimum Gasteiger partial charge on any atom is -0.208 e. The Morgan fingerprint density at radius 1 is 0.393 bits per heavy atom. The molecular formula is C52H38N4. The molecule has 7 aromatic carbocycles. The van der Waals surface area contributed by atoms with Gasteiger partial charge in [-0.25, -0.2) is 15.0 Å². The highest BCUT2D eigenvalue weighted by Gasteiger charge is 2.44. The molecule has 1 spiro atoms. The van der Waals surface area contributed by atoms with Gasteiger partial charge in [0.1, 0.15) is 0 Å². The number of rotatable bonds is 6. The summed E-state index contributed by atoms with van der Waals surface area (Å²) in [6.45, 7) is 0. The lowest BCUT2D eigenvalue weighted by Crippen LogP contribution is -2.28. The smallest absolute Gasteiger partial charge is 0.164 e. The Bertz CT molecular complexity index is 2720.